The number of likely N-dealkylation sites (N-methyl/N-ethyl adjacent to an activating group) is 1. The van der Waals surface area contributed by atoms with Gasteiger partial charge in [-0.15, -0.1) is 0 Å². The highest BCUT2D eigenvalue weighted by molar-refractivity contribution is 7.89. The molecule has 2 aromatic rings. The summed E-state index contributed by atoms with van der Waals surface area (Å²) in [5, 5.41) is 5.28. The van der Waals surface area contributed by atoms with Crippen molar-refractivity contribution in [2.45, 2.75) is 25.3 Å². The Balaban J connectivity index is 1.96. The third-order valence-electron chi connectivity index (χ3n) is 3.86. The van der Waals surface area contributed by atoms with Gasteiger partial charge in [0.2, 0.25) is 21.8 Å². The topological polar surface area (TPSA) is 95.6 Å². The summed E-state index contributed by atoms with van der Waals surface area (Å²) in [5.41, 5.74) is 2.56. The molecule has 2 aromatic carbocycles. The van der Waals surface area contributed by atoms with E-state index >= 15 is 0 Å². The van der Waals surface area contributed by atoms with Gasteiger partial charge < -0.3 is 10.6 Å². The number of anilines is 1. The number of aryl methyl sites for hydroxylation is 1. The van der Waals surface area contributed by atoms with E-state index in [2.05, 4.69) is 10.6 Å². The van der Waals surface area contributed by atoms with Crippen molar-refractivity contribution in [1.29, 1.82) is 0 Å². The summed E-state index contributed by atoms with van der Waals surface area (Å²) in [4.78, 5) is 23.2. The zero-order valence-electron chi connectivity index (χ0n) is 15.5. The average molecular weight is 389 g/mol. The van der Waals surface area contributed by atoms with E-state index in [0.717, 1.165) is 15.4 Å². The van der Waals surface area contributed by atoms with Gasteiger partial charge in [-0.2, -0.15) is 4.31 Å². The first-order valence-corrected chi connectivity index (χ1v) is 9.79. The van der Waals surface area contributed by atoms with Crippen LogP contribution < -0.4 is 10.6 Å². The van der Waals surface area contributed by atoms with Crippen molar-refractivity contribution in [3.8, 4) is 0 Å². The van der Waals surface area contributed by atoms with Crippen LogP contribution in [0.1, 0.15) is 18.1 Å². The summed E-state index contributed by atoms with van der Waals surface area (Å²) in [7, 11) is -2.46. The first kappa shape index (κ1) is 20.6. The number of carbonyl (C=O) groups is 2. The molecular formula is C19H23N3O4S. The number of hydrogen-bond donors (Lipinski definition) is 2. The molecule has 0 aliphatic rings. The quantitative estimate of drug-likeness (QED) is 0.756. The zero-order chi connectivity index (χ0) is 20.0. The van der Waals surface area contributed by atoms with Crippen LogP contribution in [-0.4, -0.2) is 38.1 Å². The lowest BCUT2D eigenvalue weighted by atomic mass is 10.1. The molecule has 0 aliphatic heterocycles. The molecule has 2 amide bonds. The first-order chi connectivity index (χ1) is 12.7. The predicted molar refractivity (Wildman–Crippen MR) is 104 cm³/mol. The molecule has 0 spiro atoms. The Morgan fingerprint density at radius 3 is 2.15 bits per heavy atom. The highest BCUT2D eigenvalue weighted by Crippen LogP contribution is 2.17. The van der Waals surface area contributed by atoms with E-state index in [1.807, 2.05) is 31.2 Å². The van der Waals surface area contributed by atoms with Crippen LogP contribution in [-0.2, 0) is 26.2 Å². The lowest BCUT2D eigenvalue weighted by molar-refractivity contribution is -0.121. The SMILES string of the molecule is CC(=O)Nc1ccc(S(=O)(=O)N(C)CC(=O)NCc2ccc(C)cc2)cc1. The van der Waals surface area contributed by atoms with Gasteiger partial charge in [-0.25, -0.2) is 8.42 Å². The van der Waals surface area contributed by atoms with Crippen molar-refractivity contribution in [2.75, 3.05) is 18.9 Å². The fraction of sp³-hybridized carbons (Fsp3) is 0.263. The van der Waals surface area contributed by atoms with E-state index in [1.165, 1.54) is 38.2 Å². The van der Waals surface area contributed by atoms with Crippen LogP contribution in [0.5, 0.6) is 0 Å². The van der Waals surface area contributed by atoms with E-state index in [1.54, 1.807) is 0 Å². The summed E-state index contributed by atoms with van der Waals surface area (Å²) in [5.74, 6) is -0.635. The average Bonchev–Trinajstić information content (AvgIpc) is 2.61. The van der Waals surface area contributed by atoms with E-state index < -0.39 is 15.9 Å². The number of amides is 2. The van der Waals surface area contributed by atoms with E-state index in [-0.39, 0.29) is 17.3 Å². The molecule has 0 fully saturated rings. The van der Waals surface area contributed by atoms with E-state index in [9.17, 15) is 18.0 Å². The molecule has 0 heterocycles. The molecule has 2 N–H and O–H groups in total. The van der Waals surface area contributed by atoms with Crippen LogP contribution >= 0.6 is 0 Å². The van der Waals surface area contributed by atoms with Gasteiger partial charge in [0.15, 0.2) is 0 Å². The van der Waals surface area contributed by atoms with Crippen molar-refractivity contribution in [3.63, 3.8) is 0 Å². The van der Waals surface area contributed by atoms with Crippen molar-refractivity contribution < 1.29 is 18.0 Å². The molecule has 0 bridgehead atoms. The number of nitrogens with one attached hydrogen (secondary N) is 2. The molecule has 0 radical (unpaired) electrons. The Kier molecular flexibility index (Phi) is 6.70. The molecule has 0 aromatic heterocycles. The third-order valence-corrected chi connectivity index (χ3v) is 5.68. The number of nitrogens with zero attached hydrogens (tertiary/aromatic N) is 1. The van der Waals surface area contributed by atoms with Crippen molar-refractivity contribution >= 4 is 27.5 Å². The Labute approximate surface area is 159 Å². The van der Waals surface area contributed by atoms with Gasteiger partial charge in [-0.3, -0.25) is 9.59 Å². The normalized spacial score (nSPS) is 11.3. The highest BCUT2D eigenvalue weighted by atomic mass is 32.2. The van der Waals surface area contributed by atoms with Gasteiger partial charge in [0.1, 0.15) is 0 Å². The lowest BCUT2D eigenvalue weighted by Gasteiger charge is -2.17. The minimum atomic E-state index is -3.81. The van der Waals surface area contributed by atoms with Gasteiger partial charge in [-0.05, 0) is 36.8 Å². The molecule has 0 aliphatic carbocycles. The maximum atomic E-state index is 12.6. The molecule has 0 saturated carbocycles. The van der Waals surface area contributed by atoms with Crippen molar-refractivity contribution in [1.82, 2.24) is 9.62 Å². The maximum absolute atomic E-state index is 12.6. The lowest BCUT2D eigenvalue weighted by Crippen LogP contribution is -2.38. The predicted octanol–water partition coefficient (Wildman–Crippen LogP) is 1.89. The molecular weight excluding hydrogens is 366 g/mol. The Morgan fingerprint density at radius 1 is 1.00 bits per heavy atom. The number of sulfonamides is 1. The summed E-state index contributed by atoms with van der Waals surface area (Å²) >= 11 is 0. The summed E-state index contributed by atoms with van der Waals surface area (Å²) in [6.07, 6.45) is 0. The van der Waals surface area contributed by atoms with Crippen LogP contribution in [0.4, 0.5) is 5.69 Å². The Hall–Kier alpha value is -2.71. The number of hydrogen-bond acceptors (Lipinski definition) is 4. The van der Waals surface area contributed by atoms with Crippen LogP contribution in [0.15, 0.2) is 53.4 Å². The summed E-state index contributed by atoms with van der Waals surface area (Å²) in [6, 6.07) is 13.5. The minimum absolute atomic E-state index is 0.0467. The molecule has 144 valence electrons. The van der Waals surface area contributed by atoms with Gasteiger partial charge in [0.05, 0.1) is 11.4 Å². The van der Waals surface area contributed by atoms with Crippen LogP contribution in [0.2, 0.25) is 0 Å². The molecule has 8 heteroatoms. The number of benzene rings is 2. The van der Waals surface area contributed by atoms with Gasteiger partial charge in [-0.1, -0.05) is 29.8 Å². The molecule has 0 unspecified atom stereocenters. The smallest absolute Gasteiger partial charge is 0.243 e. The second-order valence-electron chi connectivity index (χ2n) is 6.23. The summed E-state index contributed by atoms with van der Waals surface area (Å²) in [6.45, 7) is 3.39. The van der Waals surface area contributed by atoms with Crippen molar-refractivity contribution in [2.24, 2.45) is 0 Å². The number of carbonyl (C=O) groups excluding carboxylic acids is 2. The van der Waals surface area contributed by atoms with Crippen molar-refractivity contribution in [3.05, 3.63) is 59.7 Å². The standard InChI is InChI=1S/C19H23N3O4S/c1-14-4-6-16(7-5-14)12-20-19(24)13-22(3)27(25,26)18-10-8-17(9-11-18)21-15(2)23/h4-11H,12-13H2,1-3H3,(H,20,24)(H,21,23). The number of rotatable bonds is 7. The monoisotopic (exact) mass is 389 g/mol. The fourth-order valence-electron chi connectivity index (χ4n) is 2.34. The second kappa shape index (κ2) is 8.79. The largest absolute Gasteiger partial charge is 0.351 e. The van der Waals surface area contributed by atoms with Crippen LogP contribution in [0.3, 0.4) is 0 Å². The maximum Gasteiger partial charge on any atom is 0.243 e. The minimum Gasteiger partial charge on any atom is -0.351 e. The first-order valence-electron chi connectivity index (χ1n) is 8.35. The van der Waals surface area contributed by atoms with Gasteiger partial charge >= 0.3 is 0 Å². The molecule has 0 saturated heterocycles. The fourth-order valence-corrected chi connectivity index (χ4v) is 3.47. The Morgan fingerprint density at radius 2 is 1.59 bits per heavy atom. The van der Waals surface area contributed by atoms with E-state index in [0.29, 0.717) is 12.2 Å². The zero-order valence-corrected chi connectivity index (χ0v) is 16.3. The molecule has 0 atom stereocenters. The van der Waals surface area contributed by atoms with E-state index in [4.69, 9.17) is 0 Å². The van der Waals surface area contributed by atoms with Crippen LogP contribution in [0.25, 0.3) is 0 Å². The highest BCUT2D eigenvalue weighted by Gasteiger charge is 2.22. The summed E-state index contributed by atoms with van der Waals surface area (Å²) < 4.78 is 26.1. The second-order valence-corrected chi connectivity index (χ2v) is 8.27. The van der Waals surface area contributed by atoms with Crippen LogP contribution in [0, 0.1) is 6.92 Å². The molecule has 7 nitrogen and oxygen atoms in total. The molecule has 2 rings (SSSR count). The third kappa shape index (κ3) is 5.90. The van der Waals surface area contributed by atoms with Gasteiger partial charge in [0.25, 0.3) is 0 Å². The Bertz CT molecular complexity index is 907. The van der Waals surface area contributed by atoms with Gasteiger partial charge in [0, 0.05) is 26.2 Å². The molecule has 27 heavy (non-hydrogen) atoms.